The standard InChI is InChI=1S/C8H8ClNO2/c9-6-4-2-1-3-5(6)7(11)8(10)12/h1-4,7,11H,(H2,10,12)/t7-/m1/s1. The van der Waals surface area contributed by atoms with Gasteiger partial charge in [0.05, 0.1) is 0 Å². The van der Waals surface area contributed by atoms with Crippen LogP contribution in [0.4, 0.5) is 0 Å². The zero-order chi connectivity index (χ0) is 9.14. The number of hydrogen-bond acceptors (Lipinski definition) is 2. The van der Waals surface area contributed by atoms with Crippen LogP contribution in [0.15, 0.2) is 24.3 Å². The molecule has 0 aromatic heterocycles. The molecule has 0 radical (unpaired) electrons. The third-order valence-electron chi connectivity index (χ3n) is 1.47. The maximum atomic E-state index is 10.6. The van der Waals surface area contributed by atoms with Crippen LogP contribution in [0.2, 0.25) is 5.02 Å². The summed E-state index contributed by atoms with van der Waals surface area (Å²) in [6.45, 7) is 0. The normalized spacial score (nSPS) is 12.5. The van der Waals surface area contributed by atoms with Crippen molar-refractivity contribution in [3.05, 3.63) is 34.9 Å². The van der Waals surface area contributed by atoms with Crippen molar-refractivity contribution >= 4 is 17.5 Å². The number of nitrogens with two attached hydrogens (primary N) is 1. The van der Waals surface area contributed by atoms with Gasteiger partial charge in [-0.3, -0.25) is 4.79 Å². The number of rotatable bonds is 2. The highest BCUT2D eigenvalue weighted by Gasteiger charge is 2.15. The largest absolute Gasteiger partial charge is 0.378 e. The fraction of sp³-hybridized carbons (Fsp3) is 0.125. The van der Waals surface area contributed by atoms with E-state index in [2.05, 4.69) is 0 Å². The lowest BCUT2D eigenvalue weighted by Crippen LogP contribution is -2.21. The number of hydrogen-bond donors (Lipinski definition) is 2. The molecule has 0 bridgehead atoms. The number of aliphatic hydroxyl groups is 1. The van der Waals surface area contributed by atoms with Crippen LogP contribution in [0.3, 0.4) is 0 Å². The molecule has 1 aromatic carbocycles. The molecule has 64 valence electrons. The van der Waals surface area contributed by atoms with Gasteiger partial charge in [-0.15, -0.1) is 0 Å². The Morgan fingerprint density at radius 2 is 2.08 bits per heavy atom. The van der Waals surface area contributed by atoms with Gasteiger partial charge in [-0.25, -0.2) is 0 Å². The Bertz CT molecular complexity index is 301. The molecule has 1 amide bonds. The molecule has 0 saturated heterocycles. The molecule has 1 aromatic rings. The summed E-state index contributed by atoms with van der Waals surface area (Å²) in [5, 5.41) is 9.56. The maximum Gasteiger partial charge on any atom is 0.250 e. The molecule has 0 aliphatic heterocycles. The molecule has 0 aliphatic carbocycles. The lowest BCUT2D eigenvalue weighted by Gasteiger charge is -2.07. The van der Waals surface area contributed by atoms with Crippen LogP contribution >= 0.6 is 11.6 Å². The van der Waals surface area contributed by atoms with E-state index >= 15 is 0 Å². The Balaban J connectivity index is 3.02. The molecule has 0 saturated carbocycles. The summed E-state index contributed by atoms with van der Waals surface area (Å²) in [6.07, 6.45) is -1.32. The van der Waals surface area contributed by atoms with Crippen LogP contribution in [0.25, 0.3) is 0 Å². The SMILES string of the molecule is NC(=O)[C@H](O)c1ccccc1Cl. The Labute approximate surface area is 74.8 Å². The molecule has 1 atom stereocenters. The van der Waals surface area contributed by atoms with Crippen molar-refractivity contribution in [2.24, 2.45) is 5.73 Å². The zero-order valence-corrected chi connectivity index (χ0v) is 6.95. The molecular formula is C8H8ClNO2. The summed E-state index contributed by atoms with van der Waals surface area (Å²) in [7, 11) is 0. The minimum absolute atomic E-state index is 0.337. The highest BCUT2D eigenvalue weighted by molar-refractivity contribution is 6.31. The molecule has 1 rings (SSSR count). The van der Waals surface area contributed by atoms with Gasteiger partial charge in [-0.1, -0.05) is 29.8 Å². The Morgan fingerprint density at radius 1 is 1.50 bits per heavy atom. The smallest absolute Gasteiger partial charge is 0.250 e. The van der Waals surface area contributed by atoms with E-state index in [0.717, 1.165) is 0 Å². The van der Waals surface area contributed by atoms with Crippen molar-refractivity contribution in [2.75, 3.05) is 0 Å². The van der Waals surface area contributed by atoms with Crippen molar-refractivity contribution < 1.29 is 9.90 Å². The molecule has 3 N–H and O–H groups in total. The molecule has 4 heteroatoms. The number of carbonyl (C=O) groups is 1. The van der Waals surface area contributed by atoms with Gasteiger partial charge in [-0.2, -0.15) is 0 Å². The molecule has 0 aliphatic rings. The van der Waals surface area contributed by atoms with Gasteiger partial charge in [0, 0.05) is 10.6 Å². The summed E-state index contributed by atoms with van der Waals surface area (Å²) in [4.78, 5) is 10.6. The van der Waals surface area contributed by atoms with Crippen LogP contribution in [-0.2, 0) is 4.79 Å². The average Bonchev–Trinajstić information content (AvgIpc) is 2.04. The second kappa shape index (κ2) is 3.56. The third kappa shape index (κ3) is 1.75. The van der Waals surface area contributed by atoms with E-state index in [4.69, 9.17) is 17.3 Å². The molecule has 3 nitrogen and oxygen atoms in total. The number of amides is 1. The number of halogens is 1. The second-order valence-corrected chi connectivity index (χ2v) is 2.73. The van der Waals surface area contributed by atoms with E-state index in [1.165, 1.54) is 0 Å². The van der Waals surface area contributed by atoms with E-state index in [1.807, 2.05) is 0 Å². The third-order valence-corrected chi connectivity index (χ3v) is 1.81. The molecule has 12 heavy (non-hydrogen) atoms. The number of carbonyl (C=O) groups excluding carboxylic acids is 1. The van der Waals surface area contributed by atoms with E-state index in [0.29, 0.717) is 10.6 Å². The molecule has 0 fully saturated rings. The Morgan fingerprint density at radius 3 is 2.58 bits per heavy atom. The second-order valence-electron chi connectivity index (χ2n) is 2.33. The molecular weight excluding hydrogens is 178 g/mol. The highest BCUT2D eigenvalue weighted by atomic mass is 35.5. The first-order chi connectivity index (χ1) is 5.63. The molecule has 0 heterocycles. The van der Waals surface area contributed by atoms with Gasteiger partial charge in [0.1, 0.15) is 0 Å². The summed E-state index contributed by atoms with van der Waals surface area (Å²) >= 11 is 5.70. The maximum absolute atomic E-state index is 10.6. The van der Waals surface area contributed by atoms with Crippen LogP contribution in [-0.4, -0.2) is 11.0 Å². The van der Waals surface area contributed by atoms with Crippen molar-refractivity contribution in [1.82, 2.24) is 0 Å². The number of primary amides is 1. The predicted octanol–water partition coefficient (Wildman–Crippen LogP) is 0.859. The van der Waals surface area contributed by atoms with Crippen molar-refractivity contribution in [2.45, 2.75) is 6.10 Å². The van der Waals surface area contributed by atoms with E-state index < -0.39 is 12.0 Å². The first-order valence-electron chi connectivity index (χ1n) is 3.34. The molecule has 0 unspecified atom stereocenters. The van der Waals surface area contributed by atoms with E-state index in [-0.39, 0.29) is 0 Å². The lowest BCUT2D eigenvalue weighted by atomic mass is 10.1. The van der Waals surface area contributed by atoms with E-state index in [9.17, 15) is 9.90 Å². The predicted molar refractivity (Wildman–Crippen MR) is 45.6 cm³/mol. The summed E-state index contributed by atoms with van der Waals surface area (Å²) in [6, 6.07) is 6.52. The van der Waals surface area contributed by atoms with Gasteiger partial charge in [0.15, 0.2) is 6.10 Å². The Kier molecular flexibility index (Phi) is 2.68. The minimum Gasteiger partial charge on any atom is -0.378 e. The van der Waals surface area contributed by atoms with Crippen LogP contribution in [0.1, 0.15) is 11.7 Å². The fourth-order valence-corrected chi connectivity index (χ4v) is 1.09. The zero-order valence-electron chi connectivity index (χ0n) is 6.20. The summed E-state index contributed by atoms with van der Waals surface area (Å²) in [5.41, 5.74) is 5.23. The van der Waals surface area contributed by atoms with Crippen molar-refractivity contribution in [1.29, 1.82) is 0 Å². The van der Waals surface area contributed by atoms with Gasteiger partial charge in [0.2, 0.25) is 0 Å². The molecule has 0 spiro atoms. The first kappa shape index (κ1) is 9.03. The van der Waals surface area contributed by atoms with Gasteiger partial charge < -0.3 is 10.8 Å². The van der Waals surface area contributed by atoms with Crippen molar-refractivity contribution in [3.8, 4) is 0 Å². The fourth-order valence-electron chi connectivity index (χ4n) is 0.850. The summed E-state index contributed by atoms with van der Waals surface area (Å²) in [5.74, 6) is -0.803. The van der Waals surface area contributed by atoms with Gasteiger partial charge in [0.25, 0.3) is 5.91 Å². The van der Waals surface area contributed by atoms with Crippen molar-refractivity contribution in [3.63, 3.8) is 0 Å². The minimum atomic E-state index is -1.32. The number of benzene rings is 1. The summed E-state index contributed by atoms with van der Waals surface area (Å²) < 4.78 is 0. The quantitative estimate of drug-likeness (QED) is 0.718. The lowest BCUT2D eigenvalue weighted by molar-refractivity contribution is -0.126. The van der Waals surface area contributed by atoms with Gasteiger partial charge >= 0.3 is 0 Å². The van der Waals surface area contributed by atoms with Gasteiger partial charge in [-0.05, 0) is 6.07 Å². The number of aliphatic hydroxyl groups excluding tert-OH is 1. The Hall–Kier alpha value is -1.06. The van der Waals surface area contributed by atoms with Crippen LogP contribution in [0.5, 0.6) is 0 Å². The monoisotopic (exact) mass is 185 g/mol. The van der Waals surface area contributed by atoms with E-state index in [1.54, 1.807) is 24.3 Å². The van der Waals surface area contributed by atoms with Crippen LogP contribution in [0, 0.1) is 0 Å². The average molecular weight is 186 g/mol. The highest BCUT2D eigenvalue weighted by Crippen LogP contribution is 2.21. The van der Waals surface area contributed by atoms with Crippen LogP contribution < -0.4 is 5.73 Å². The first-order valence-corrected chi connectivity index (χ1v) is 3.72. The topological polar surface area (TPSA) is 63.3 Å².